The number of anilines is 1. The van der Waals surface area contributed by atoms with E-state index in [9.17, 15) is 14.7 Å². The third-order valence-corrected chi connectivity index (χ3v) is 5.09. The van der Waals surface area contributed by atoms with Gasteiger partial charge in [0.05, 0.1) is 16.8 Å². The molecule has 0 spiro atoms. The van der Waals surface area contributed by atoms with Crippen LogP contribution in [0.15, 0.2) is 23.7 Å². The summed E-state index contributed by atoms with van der Waals surface area (Å²) in [5.41, 5.74) is 5.34. The molecule has 8 nitrogen and oxygen atoms in total. The number of nitrogen functional groups attached to an aromatic ring is 1. The molecule has 0 radical (unpaired) electrons. The maximum atomic E-state index is 12.2. The van der Waals surface area contributed by atoms with Crippen molar-refractivity contribution in [2.45, 2.75) is 65.3 Å². The highest BCUT2D eigenvalue weighted by Crippen LogP contribution is 2.39. The Morgan fingerprint density at radius 1 is 1.20 bits per heavy atom. The lowest BCUT2D eigenvalue weighted by atomic mass is 9.76. The van der Waals surface area contributed by atoms with Crippen LogP contribution < -0.4 is 11.1 Å². The number of carbonyl (C=O) groups is 2. The Kier molecular flexibility index (Phi) is 6.59. The second-order valence-electron chi connectivity index (χ2n) is 9.28. The number of nitrogens with one attached hydrogen (secondary N) is 1. The van der Waals surface area contributed by atoms with E-state index in [1.165, 1.54) is 6.07 Å². The fourth-order valence-corrected chi connectivity index (χ4v) is 2.80. The van der Waals surface area contributed by atoms with Crippen molar-refractivity contribution in [2.75, 3.05) is 12.3 Å². The van der Waals surface area contributed by atoms with Gasteiger partial charge in [0.1, 0.15) is 5.60 Å². The summed E-state index contributed by atoms with van der Waals surface area (Å²) in [6, 6.07) is 4.65. The van der Waals surface area contributed by atoms with E-state index < -0.39 is 36.0 Å². The van der Waals surface area contributed by atoms with Crippen LogP contribution in [0.1, 0.15) is 64.4 Å². The summed E-state index contributed by atoms with van der Waals surface area (Å²) < 4.78 is 17.5. The molecule has 1 aromatic carbocycles. The van der Waals surface area contributed by atoms with Gasteiger partial charge >= 0.3 is 19.2 Å². The van der Waals surface area contributed by atoms with Gasteiger partial charge in [-0.3, -0.25) is 0 Å². The fraction of sp³-hybridized carbons (Fsp3) is 0.524. The van der Waals surface area contributed by atoms with Gasteiger partial charge in [-0.1, -0.05) is 12.1 Å². The van der Waals surface area contributed by atoms with E-state index >= 15 is 0 Å². The molecule has 164 valence electrons. The third-order valence-electron chi connectivity index (χ3n) is 5.09. The average Bonchev–Trinajstić information content (AvgIpc) is 2.78. The number of hydrogen-bond donors (Lipinski definition) is 3. The predicted molar refractivity (Wildman–Crippen MR) is 116 cm³/mol. The Labute approximate surface area is 177 Å². The molecule has 0 bridgehead atoms. The number of hydrogen-bond acceptors (Lipinski definition) is 6. The van der Waals surface area contributed by atoms with Gasteiger partial charge in [0.2, 0.25) is 0 Å². The summed E-state index contributed by atoms with van der Waals surface area (Å²) in [6.07, 6.45) is 0.989. The van der Waals surface area contributed by atoms with Gasteiger partial charge in [-0.25, -0.2) is 9.59 Å². The number of aromatic carboxylic acids is 1. The van der Waals surface area contributed by atoms with E-state index in [4.69, 9.17) is 19.8 Å². The maximum absolute atomic E-state index is 12.2. The van der Waals surface area contributed by atoms with Crippen molar-refractivity contribution < 1.29 is 28.7 Å². The summed E-state index contributed by atoms with van der Waals surface area (Å²) >= 11 is 0. The zero-order valence-corrected chi connectivity index (χ0v) is 18.7. The number of carbonyl (C=O) groups excluding carboxylic acids is 1. The molecule has 30 heavy (non-hydrogen) atoms. The van der Waals surface area contributed by atoms with Gasteiger partial charge in [-0.15, -0.1) is 0 Å². The molecule has 0 atom stereocenters. The van der Waals surface area contributed by atoms with Crippen LogP contribution in [0.4, 0.5) is 10.5 Å². The fourth-order valence-electron chi connectivity index (χ4n) is 2.80. The van der Waals surface area contributed by atoms with Crippen LogP contribution >= 0.6 is 0 Å². The molecule has 0 unspecified atom stereocenters. The van der Waals surface area contributed by atoms with E-state index in [0.29, 0.717) is 16.7 Å². The number of rotatable bonds is 5. The standard InChI is InChI=1S/C21H31BN2O6/c1-19(2,3)28-18(27)24-12-13(22-29-20(4,5)21(6,7)30-22)11-15-14(17(25)26)9-8-10-16(15)23/h8-11H,12,23H2,1-7H3,(H,24,27)(H,25,26). The van der Waals surface area contributed by atoms with Crippen molar-refractivity contribution in [1.29, 1.82) is 0 Å². The molecule has 0 aliphatic carbocycles. The van der Waals surface area contributed by atoms with Crippen molar-refractivity contribution >= 4 is 30.9 Å². The number of benzene rings is 1. The predicted octanol–water partition coefficient (Wildman–Crippen LogP) is 3.51. The molecule has 0 aromatic heterocycles. The quantitative estimate of drug-likeness (QED) is 0.494. The zero-order chi connectivity index (χ0) is 22.9. The van der Waals surface area contributed by atoms with Gasteiger partial charge in [-0.05, 0) is 66.1 Å². The highest BCUT2D eigenvalue weighted by Gasteiger charge is 2.52. The number of amides is 1. The summed E-state index contributed by atoms with van der Waals surface area (Å²) in [5, 5.41) is 12.2. The van der Waals surface area contributed by atoms with Crippen LogP contribution in [-0.2, 0) is 14.0 Å². The Morgan fingerprint density at radius 3 is 2.27 bits per heavy atom. The van der Waals surface area contributed by atoms with E-state index in [0.717, 1.165) is 0 Å². The molecule has 9 heteroatoms. The molecule has 1 aromatic rings. The van der Waals surface area contributed by atoms with Crippen molar-refractivity contribution in [3.63, 3.8) is 0 Å². The summed E-state index contributed by atoms with van der Waals surface area (Å²) in [5.74, 6) is -1.11. The molecule has 1 fully saturated rings. The highest BCUT2D eigenvalue weighted by molar-refractivity contribution is 6.56. The van der Waals surface area contributed by atoms with Crippen molar-refractivity contribution in [3.8, 4) is 0 Å². The lowest BCUT2D eigenvalue weighted by molar-refractivity contribution is 0.00578. The zero-order valence-electron chi connectivity index (χ0n) is 18.7. The second-order valence-corrected chi connectivity index (χ2v) is 9.28. The van der Waals surface area contributed by atoms with Crippen molar-refractivity contribution in [1.82, 2.24) is 5.32 Å². The smallest absolute Gasteiger partial charge is 0.478 e. The first-order chi connectivity index (χ1) is 13.6. The number of ether oxygens (including phenoxy) is 1. The maximum Gasteiger partial charge on any atom is 0.492 e. The first kappa shape index (κ1) is 23.8. The summed E-state index contributed by atoms with van der Waals surface area (Å²) in [4.78, 5) is 23.8. The van der Waals surface area contributed by atoms with E-state index in [1.807, 2.05) is 27.7 Å². The minimum absolute atomic E-state index is 0.0269. The van der Waals surface area contributed by atoms with Gasteiger partial charge in [0.15, 0.2) is 0 Å². The molecule has 1 amide bonds. The normalized spacial score (nSPS) is 18.2. The van der Waals surface area contributed by atoms with Crippen LogP contribution in [0.2, 0.25) is 0 Å². The number of nitrogens with two attached hydrogens (primary N) is 1. The minimum atomic E-state index is -1.11. The number of carboxylic acids is 1. The third kappa shape index (κ3) is 5.55. The Hall–Kier alpha value is -2.52. The number of carboxylic acid groups (broad SMARTS) is 1. The number of alkyl carbamates (subject to hydrolysis) is 1. The first-order valence-corrected chi connectivity index (χ1v) is 9.78. The first-order valence-electron chi connectivity index (χ1n) is 9.78. The van der Waals surface area contributed by atoms with Gasteiger partial charge < -0.3 is 30.2 Å². The topological polar surface area (TPSA) is 120 Å². The molecule has 1 aliphatic heterocycles. The monoisotopic (exact) mass is 418 g/mol. The Morgan fingerprint density at radius 2 is 1.77 bits per heavy atom. The molecule has 0 saturated carbocycles. The van der Waals surface area contributed by atoms with Crippen LogP contribution in [-0.4, -0.2) is 47.6 Å². The summed E-state index contributed by atoms with van der Waals surface area (Å²) in [6.45, 7) is 13.0. The van der Waals surface area contributed by atoms with Gasteiger partial charge in [0.25, 0.3) is 0 Å². The SMILES string of the molecule is CC(C)(C)OC(=O)NCC(=Cc1c(N)cccc1C(=O)O)B1OC(C)(C)C(C)(C)O1. The molecule has 4 N–H and O–H groups in total. The molecule has 1 saturated heterocycles. The lowest BCUT2D eigenvalue weighted by Crippen LogP contribution is -2.41. The summed E-state index contributed by atoms with van der Waals surface area (Å²) in [7, 11) is -0.800. The van der Waals surface area contributed by atoms with Crippen LogP contribution in [0, 0.1) is 0 Å². The van der Waals surface area contributed by atoms with Crippen LogP contribution in [0.25, 0.3) is 6.08 Å². The average molecular weight is 418 g/mol. The van der Waals surface area contributed by atoms with E-state index in [2.05, 4.69) is 5.32 Å². The minimum Gasteiger partial charge on any atom is -0.478 e. The van der Waals surface area contributed by atoms with Gasteiger partial charge in [-0.2, -0.15) is 0 Å². The molecular weight excluding hydrogens is 387 g/mol. The van der Waals surface area contributed by atoms with Crippen LogP contribution in [0.3, 0.4) is 0 Å². The van der Waals surface area contributed by atoms with Crippen molar-refractivity contribution in [3.05, 3.63) is 34.8 Å². The largest absolute Gasteiger partial charge is 0.492 e. The highest BCUT2D eigenvalue weighted by atomic mass is 16.7. The van der Waals surface area contributed by atoms with E-state index in [1.54, 1.807) is 39.0 Å². The molecule has 1 heterocycles. The Balaban J connectivity index is 2.42. The van der Waals surface area contributed by atoms with E-state index in [-0.39, 0.29) is 12.1 Å². The molecule has 2 rings (SSSR count). The van der Waals surface area contributed by atoms with Crippen molar-refractivity contribution in [2.24, 2.45) is 0 Å². The van der Waals surface area contributed by atoms with Crippen LogP contribution in [0.5, 0.6) is 0 Å². The lowest BCUT2D eigenvalue weighted by Gasteiger charge is -2.32. The second kappa shape index (κ2) is 8.31. The Bertz CT molecular complexity index is 842. The molecular formula is C21H31BN2O6. The molecule has 1 aliphatic rings. The van der Waals surface area contributed by atoms with Gasteiger partial charge in [0, 0.05) is 17.8 Å².